The topological polar surface area (TPSA) is 74.9 Å². The number of anilines is 1. The summed E-state index contributed by atoms with van der Waals surface area (Å²) in [4.78, 5) is 4.47. The van der Waals surface area contributed by atoms with Gasteiger partial charge in [-0.1, -0.05) is 0 Å². The smallest absolute Gasteiger partial charge is 0.151 e. The molecule has 7 nitrogen and oxygen atoms in total. The van der Waals surface area contributed by atoms with Gasteiger partial charge in [-0.2, -0.15) is 5.10 Å². The molecular formula is C18H26N4O3. The van der Waals surface area contributed by atoms with Crippen molar-refractivity contribution in [2.45, 2.75) is 31.6 Å². The third-order valence-corrected chi connectivity index (χ3v) is 4.54. The number of furan rings is 1. The summed E-state index contributed by atoms with van der Waals surface area (Å²) in [6, 6.07) is 7.98. The molecule has 1 aliphatic heterocycles. The van der Waals surface area contributed by atoms with E-state index < -0.39 is 6.10 Å². The summed E-state index contributed by atoms with van der Waals surface area (Å²) in [5.41, 5.74) is 0. The lowest BCUT2D eigenvalue weighted by Crippen LogP contribution is -2.49. The maximum Gasteiger partial charge on any atom is 0.151 e. The Labute approximate surface area is 148 Å². The number of piperidine rings is 1. The van der Waals surface area contributed by atoms with Crippen molar-refractivity contribution in [3.8, 4) is 0 Å². The molecule has 0 aliphatic carbocycles. The molecule has 2 atom stereocenters. The van der Waals surface area contributed by atoms with Crippen molar-refractivity contribution in [1.29, 1.82) is 0 Å². The van der Waals surface area contributed by atoms with E-state index in [1.54, 1.807) is 12.5 Å². The van der Waals surface area contributed by atoms with Crippen molar-refractivity contribution in [3.05, 3.63) is 42.5 Å². The number of aromatic nitrogens is 2. The molecule has 2 aromatic heterocycles. The van der Waals surface area contributed by atoms with Crippen LogP contribution in [0.15, 0.2) is 41.1 Å². The lowest BCUT2D eigenvalue weighted by molar-refractivity contribution is 0.00210. The Balaban J connectivity index is 1.43. The van der Waals surface area contributed by atoms with Gasteiger partial charge in [0.2, 0.25) is 0 Å². The number of aliphatic hydroxyl groups excluding tert-OH is 1. The van der Waals surface area contributed by atoms with E-state index in [1.807, 2.05) is 24.3 Å². The van der Waals surface area contributed by atoms with E-state index in [0.29, 0.717) is 25.8 Å². The maximum atomic E-state index is 10.2. The van der Waals surface area contributed by atoms with Gasteiger partial charge in [0, 0.05) is 31.9 Å². The summed E-state index contributed by atoms with van der Waals surface area (Å²) in [5, 5.41) is 18.4. The van der Waals surface area contributed by atoms with Crippen molar-refractivity contribution < 1.29 is 14.3 Å². The molecule has 0 spiro atoms. The summed E-state index contributed by atoms with van der Waals surface area (Å²) >= 11 is 0. The van der Waals surface area contributed by atoms with E-state index in [-0.39, 0.29) is 0 Å². The molecule has 0 unspecified atom stereocenters. The minimum Gasteiger partial charge on any atom is -0.467 e. The van der Waals surface area contributed by atoms with Crippen LogP contribution in [0.4, 0.5) is 5.82 Å². The lowest BCUT2D eigenvalue weighted by atomic mass is 10.0. The second-order valence-electron chi connectivity index (χ2n) is 6.51. The van der Waals surface area contributed by atoms with Gasteiger partial charge in [-0.15, -0.1) is 5.10 Å². The van der Waals surface area contributed by atoms with Gasteiger partial charge in [-0.25, -0.2) is 0 Å². The van der Waals surface area contributed by atoms with Gasteiger partial charge in [0.15, 0.2) is 5.82 Å². The van der Waals surface area contributed by atoms with Crippen LogP contribution in [-0.2, 0) is 11.3 Å². The largest absolute Gasteiger partial charge is 0.467 e. The molecule has 3 heterocycles. The van der Waals surface area contributed by atoms with Crippen LogP contribution in [0.3, 0.4) is 0 Å². The van der Waals surface area contributed by atoms with Crippen LogP contribution in [0.1, 0.15) is 18.6 Å². The molecule has 2 aromatic rings. The number of likely N-dealkylation sites (N-methyl/N-ethyl adjacent to an activating group) is 1. The Bertz CT molecular complexity index is 608. The van der Waals surface area contributed by atoms with Crippen molar-refractivity contribution in [3.63, 3.8) is 0 Å². The van der Waals surface area contributed by atoms with Crippen molar-refractivity contribution in [1.82, 2.24) is 15.1 Å². The molecular weight excluding hydrogens is 320 g/mol. The van der Waals surface area contributed by atoms with Crippen LogP contribution >= 0.6 is 0 Å². The quantitative estimate of drug-likeness (QED) is 0.777. The Morgan fingerprint density at radius 3 is 3.12 bits per heavy atom. The number of rotatable bonds is 8. The fraction of sp³-hybridized carbons (Fsp3) is 0.556. The third kappa shape index (κ3) is 5.26. The molecule has 0 aromatic carbocycles. The van der Waals surface area contributed by atoms with E-state index in [1.165, 1.54) is 0 Å². The standard InChI is InChI=1S/C18H26N4O3/c1-21(12-16(23)13-24-14-17-6-4-10-25-17)15-5-3-9-22(11-15)18-7-2-8-19-20-18/h2,4,6-8,10,15-16,23H,3,5,9,11-14H2,1H3/t15-,16-/m1/s1. The highest BCUT2D eigenvalue weighted by Gasteiger charge is 2.25. The van der Waals surface area contributed by atoms with Gasteiger partial charge in [-0.3, -0.25) is 4.90 Å². The number of hydrogen-bond donors (Lipinski definition) is 1. The normalized spacial score (nSPS) is 19.3. The van der Waals surface area contributed by atoms with Crippen molar-refractivity contribution in [2.75, 3.05) is 38.2 Å². The Morgan fingerprint density at radius 2 is 2.36 bits per heavy atom. The van der Waals surface area contributed by atoms with Crippen molar-refractivity contribution in [2.24, 2.45) is 0 Å². The second-order valence-corrected chi connectivity index (χ2v) is 6.51. The highest BCUT2D eigenvalue weighted by atomic mass is 16.5. The molecule has 0 radical (unpaired) electrons. The van der Waals surface area contributed by atoms with Crippen LogP contribution in [0.5, 0.6) is 0 Å². The van der Waals surface area contributed by atoms with Gasteiger partial charge in [0.05, 0.1) is 19.0 Å². The van der Waals surface area contributed by atoms with E-state index in [0.717, 1.165) is 37.5 Å². The summed E-state index contributed by atoms with van der Waals surface area (Å²) < 4.78 is 10.7. The molecule has 1 aliphatic rings. The molecule has 1 N–H and O–H groups in total. The zero-order valence-corrected chi connectivity index (χ0v) is 14.6. The number of aliphatic hydroxyl groups is 1. The first-order valence-electron chi connectivity index (χ1n) is 8.73. The number of ether oxygens (including phenoxy) is 1. The number of hydrogen-bond acceptors (Lipinski definition) is 7. The van der Waals surface area contributed by atoms with Crippen LogP contribution in [0.25, 0.3) is 0 Å². The van der Waals surface area contributed by atoms with Gasteiger partial charge >= 0.3 is 0 Å². The molecule has 1 fully saturated rings. The molecule has 0 bridgehead atoms. The van der Waals surface area contributed by atoms with E-state index in [4.69, 9.17) is 9.15 Å². The van der Waals surface area contributed by atoms with E-state index >= 15 is 0 Å². The third-order valence-electron chi connectivity index (χ3n) is 4.54. The summed E-state index contributed by atoms with van der Waals surface area (Å²) in [6.07, 6.45) is 5.02. The second kappa shape index (κ2) is 8.94. The molecule has 136 valence electrons. The Morgan fingerprint density at radius 1 is 1.44 bits per heavy atom. The van der Waals surface area contributed by atoms with Gasteiger partial charge in [-0.05, 0) is 44.2 Å². The monoisotopic (exact) mass is 346 g/mol. The molecule has 0 amide bonds. The van der Waals surface area contributed by atoms with E-state index in [2.05, 4.69) is 27.0 Å². The predicted octanol–water partition coefficient (Wildman–Crippen LogP) is 1.55. The predicted molar refractivity (Wildman–Crippen MR) is 94.3 cm³/mol. The summed E-state index contributed by atoms with van der Waals surface area (Å²) in [7, 11) is 2.06. The van der Waals surface area contributed by atoms with E-state index in [9.17, 15) is 5.11 Å². The van der Waals surface area contributed by atoms with Gasteiger partial charge < -0.3 is 19.2 Å². The molecule has 1 saturated heterocycles. The van der Waals surface area contributed by atoms with Crippen LogP contribution in [0.2, 0.25) is 0 Å². The summed E-state index contributed by atoms with van der Waals surface area (Å²) in [5.74, 6) is 1.69. The first-order chi connectivity index (χ1) is 12.2. The first-order valence-corrected chi connectivity index (χ1v) is 8.73. The molecule has 0 saturated carbocycles. The van der Waals surface area contributed by atoms with Crippen LogP contribution < -0.4 is 4.90 Å². The maximum absolute atomic E-state index is 10.2. The van der Waals surface area contributed by atoms with Gasteiger partial charge in [0.1, 0.15) is 12.4 Å². The average Bonchev–Trinajstić information content (AvgIpc) is 3.16. The first kappa shape index (κ1) is 17.8. The average molecular weight is 346 g/mol. The lowest BCUT2D eigenvalue weighted by Gasteiger charge is -2.38. The SMILES string of the molecule is CN(C[C@@H](O)COCc1ccco1)[C@@H]1CCCN(c2cccnn2)C1. The summed E-state index contributed by atoms with van der Waals surface area (Å²) in [6.45, 7) is 3.16. The Hall–Kier alpha value is -1.96. The molecule has 7 heteroatoms. The van der Waals surface area contributed by atoms with Crippen LogP contribution in [-0.4, -0.2) is 65.6 Å². The zero-order valence-electron chi connectivity index (χ0n) is 14.6. The molecule has 3 rings (SSSR count). The van der Waals surface area contributed by atoms with Gasteiger partial charge in [0.25, 0.3) is 0 Å². The fourth-order valence-electron chi connectivity index (χ4n) is 3.21. The molecule has 25 heavy (non-hydrogen) atoms. The fourth-order valence-corrected chi connectivity index (χ4v) is 3.21. The van der Waals surface area contributed by atoms with Crippen molar-refractivity contribution >= 4 is 5.82 Å². The number of nitrogens with zero attached hydrogens (tertiary/aromatic N) is 4. The highest BCUT2D eigenvalue weighted by molar-refractivity contribution is 5.37. The minimum absolute atomic E-state index is 0.297. The minimum atomic E-state index is -0.521. The zero-order chi connectivity index (χ0) is 17.5. The Kier molecular flexibility index (Phi) is 6.38. The van der Waals surface area contributed by atoms with Crippen LogP contribution in [0, 0.1) is 0 Å². The highest BCUT2D eigenvalue weighted by Crippen LogP contribution is 2.19.